The minimum absolute atomic E-state index is 0.0334. The molecule has 6 rings (SSSR count). The van der Waals surface area contributed by atoms with Crippen LogP contribution < -0.4 is 5.32 Å². The Kier molecular flexibility index (Phi) is 5.19. The minimum Gasteiger partial charge on any atom is -0.321 e. The second-order valence-electron chi connectivity index (χ2n) is 8.80. The minimum atomic E-state index is -3.11. The molecule has 7 nitrogen and oxygen atoms in total. The molecular formula is C26H22N4O3S2. The molecule has 0 spiro atoms. The van der Waals surface area contributed by atoms with Gasteiger partial charge in [-0.3, -0.25) is 4.79 Å². The van der Waals surface area contributed by atoms with Gasteiger partial charge >= 0.3 is 0 Å². The Bertz CT molecular complexity index is 1700. The largest absolute Gasteiger partial charge is 0.321 e. The number of aryl methyl sites for hydroxylation is 1. The molecule has 2 aromatic carbocycles. The highest BCUT2D eigenvalue weighted by molar-refractivity contribution is 7.91. The Morgan fingerprint density at radius 3 is 2.71 bits per heavy atom. The number of benzene rings is 2. The molecule has 1 aliphatic heterocycles. The average Bonchev–Trinajstić information content (AvgIpc) is 3.58. The summed E-state index contributed by atoms with van der Waals surface area (Å²) in [7, 11) is -3.11. The first kappa shape index (κ1) is 21.9. The van der Waals surface area contributed by atoms with E-state index in [1.807, 2.05) is 66.9 Å². The number of carbonyl (C=O) groups is 1. The second-order valence-corrected chi connectivity index (χ2v) is 12.0. The lowest BCUT2D eigenvalue weighted by molar-refractivity contribution is 0.102. The summed E-state index contributed by atoms with van der Waals surface area (Å²) in [6.07, 6.45) is 0.487. The number of fused-ring (bicyclic) bond motifs is 2. The summed E-state index contributed by atoms with van der Waals surface area (Å²) in [6, 6.07) is 19.1. The number of amides is 1. The molecule has 4 heterocycles. The van der Waals surface area contributed by atoms with Crippen LogP contribution in [0, 0.1) is 6.92 Å². The van der Waals surface area contributed by atoms with E-state index in [1.165, 1.54) is 11.3 Å². The maximum Gasteiger partial charge on any atom is 0.256 e. The first-order valence-electron chi connectivity index (χ1n) is 11.3. The van der Waals surface area contributed by atoms with Crippen LogP contribution in [0.25, 0.3) is 32.4 Å². The first-order valence-corrected chi connectivity index (χ1v) is 14.0. The zero-order valence-electron chi connectivity index (χ0n) is 18.9. The van der Waals surface area contributed by atoms with Gasteiger partial charge in [-0.05, 0) is 42.3 Å². The van der Waals surface area contributed by atoms with Gasteiger partial charge in [-0.15, -0.1) is 11.3 Å². The summed E-state index contributed by atoms with van der Waals surface area (Å²) in [5.74, 6) is -0.0868. The van der Waals surface area contributed by atoms with E-state index in [4.69, 9.17) is 4.98 Å². The Morgan fingerprint density at radius 2 is 1.94 bits per heavy atom. The van der Waals surface area contributed by atoms with Gasteiger partial charge in [0, 0.05) is 11.1 Å². The monoisotopic (exact) mass is 502 g/mol. The summed E-state index contributed by atoms with van der Waals surface area (Å²) in [5.41, 5.74) is 3.05. The SMILES string of the molecule is Cc1nn(C2CCS(=O)(=O)C2)c2nc(-c3cccs3)cc(C(=O)Nc3cccc4ccccc34)c12. The van der Waals surface area contributed by atoms with Crippen molar-refractivity contribution in [3.05, 3.63) is 77.3 Å². The quantitative estimate of drug-likeness (QED) is 0.363. The van der Waals surface area contributed by atoms with Crippen LogP contribution in [0.15, 0.2) is 66.0 Å². The molecule has 1 unspecified atom stereocenters. The number of nitrogens with one attached hydrogen (secondary N) is 1. The number of anilines is 1. The molecule has 3 aromatic heterocycles. The molecule has 1 fully saturated rings. The zero-order valence-corrected chi connectivity index (χ0v) is 20.6. The van der Waals surface area contributed by atoms with Crippen molar-refractivity contribution in [2.75, 3.05) is 16.8 Å². The van der Waals surface area contributed by atoms with Crippen molar-refractivity contribution in [1.82, 2.24) is 14.8 Å². The third kappa shape index (κ3) is 3.90. The van der Waals surface area contributed by atoms with Crippen molar-refractivity contribution in [2.45, 2.75) is 19.4 Å². The van der Waals surface area contributed by atoms with Gasteiger partial charge in [0.25, 0.3) is 5.91 Å². The average molecular weight is 503 g/mol. The van der Waals surface area contributed by atoms with Gasteiger partial charge < -0.3 is 5.32 Å². The summed E-state index contributed by atoms with van der Waals surface area (Å²) in [6.45, 7) is 1.84. The molecule has 9 heteroatoms. The number of nitrogens with zero attached hydrogens (tertiary/aromatic N) is 3. The van der Waals surface area contributed by atoms with E-state index in [-0.39, 0.29) is 23.5 Å². The molecule has 1 N–H and O–H groups in total. The van der Waals surface area contributed by atoms with Gasteiger partial charge in [-0.2, -0.15) is 5.10 Å². The Labute approximate surface area is 206 Å². The van der Waals surface area contributed by atoms with Crippen molar-refractivity contribution in [2.24, 2.45) is 0 Å². The van der Waals surface area contributed by atoms with Crippen LogP contribution in [-0.4, -0.2) is 40.6 Å². The van der Waals surface area contributed by atoms with Crippen molar-refractivity contribution in [3.8, 4) is 10.6 Å². The fourth-order valence-electron chi connectivity index (χ4n) is 4.79. The highest BCUT2D eigenvalue weighted by atomic mass is 32.2. The Balaban J connectivity index is 1.51. The Morgan fingerprint density at radius 1 is 1.11 bits per heavy atom. The number of carbonyl (C=O) groups excluding carboxylic acids is 1. The van der Waals surface area contributed by atoms with E-state index in [0.717, 1.165) is 21.3 Å². The van der Waals surface area contributed by atoms with Gasteiger partial charge in [0.1, 0.15) is 0 Å². The summed E-state index contributed by atoms with van der Waals surface area (Å²) >= 11 is 1.54. The number of sulfone groups is 1. The second kappa shape index (κ2) is 8.28. The zero-order chi connectivity index (χ0) is 24.2. The van der Waals surface area contributed by atoms with Crippen LogP contribution in [0.3, 0.4) is 0 Å². The molecule has 0 saturated carbocycles. The lowest BCUT2D eigenvalue weighted by atomic mass is 10.1. The van der Waals surface area contributed by atoms with Gasteiger partial charge in [-0.1, -0.05) is 42.5 Å². The number of thiophene rings is 1. The fourth-order valence-corrected chi connectivity index (χ4v) is 7.17. The van der Waals surface area contributed by atoms with E-state index >= 15 is 0 Å². The Hall–Kier alpha value is -3.56. The van der Waals surface area contributed by atoms with Crippen LogP contribution in [0.4, 0.5) is 5.69 Å². The summed E-state index contributed by atoms with van der Waals surface area (Å²) in [4.78, 5) is 19.5. The lowest BCUT2D eigenvalue weighted by Crippen LogP contribution is -2.15. The van der Waals surface area contributed by atoms with Gasteiger partial charge in [0.15, 0.2) is 15.5 Å². The van der Waals surface area contributed by atoms with Crippen LogP contribution in [0.2, 0.25) is 0 Å². The molecule has 0 aliphatic carbocycles. The molecule has 176 valence electrons. The molecule has 1 atom stereocenters. The molecular weight excluding hydrogens is 480 g/mol. The van der Waals surface area contributed by atoms with Crippen molar-refractivity contribution >= 4 is 54.6 Å². The highest BCUT2D eigenvalue weighted by Gasteiger charge is 2.32. The number of pyridine rings is 1. The molecule has 0 radical (unpaired) electrons. The highest BCUT2D eigenvalue weighted by Crippen LogP contribution is 2.34. The maximum atomic E-state index is 13.7. The number of aromatic nitrogens is 3. The van der Waals surface area contributed by atoms with Gasteiger partial charge in [-0.25, -0.2) is 18.1 Å². The van der Waals surface area contributed by atoms with Gasteiger partial charge in [0.05, 0.1) is 44.8 Å². The van der Waals surface area contributed by atoms with E-state index in [2.05, 4.69) is 10.4 Å². The number of hydrogen-bond acceptors (Lipinski definition) is 6. The van der Waals surface area contributed by atoms with Crippen molar-refractivity contribution in [3.63, 3.8) is 0 Å². The van der Waals surface area contributed by atoms with E-state index in [9.17, 15) is 13.2 Å². The molecule has 35 heavy (non-hydrogen) atoms. The predicted octanol–water partition coefficient (Wildman–Crippen LogP) is 5.23. The smallest absolute Gasteiger partial charge is 0.256 e. The van der Waals surface area contributed by atoms with E-state index in [1.54, 1.807) is 10.7 Å². The molecule has 5 aromatic rings. The molecule has 1 aliphatic rings. The summed E-state index contributed by atoms with van der Waals surface area (Å²) < 4.78 is 26.1. The first-order chi connectivity index (χ1) is 16.9. The fraction of sp³-hybridized carbons (Fsp3) is 0.192. The van der Waals surface area contributed by atoms with Crippen LogP contribution in [0.5, 0.6) is 0 Å². The van der Waals surface area contributed by atoms with E-state index in [0.29, 0.717) is 34.4 Å². The van der Waals surface area contributed by atoms with Crippen LogP contribution in [-0.2, 0) is 9.84 Å². The normalized spacial score (nSPS) is 17.2. The standard InChI is InChI=1S/C26H22N4O3S2/c1-16-24-20(26(31)28-21-9-4-7-17-6-2-3-8-19(17)21)14-22(23-10-5-12-34-23)27-25(24)30(29-16)18-11-13-35(32,33)15-18/h2-10,12,14,18H,11,13,15H2,1H3,(H,28,31). The molecule has 1 amide bonds. The van der Waals surface area contributed by atoms with E-state index < -0.39 is 9.84 Å². The number of hydrogen-bond donors (Lipinski definition) is 1. The summed E-state index contributed by atoms with van der Waals surface area (Å²) in [5, 5.41) is 12.4. The molecule has 0 bridgehead atoms. The topological polar surface area (TPSA) is 93.9 Å². The lowest BCUT2D eigenvalue weighted by Gasteiger charge is -2.13. The predicted molar refractivity (Wildman–Crippen MR) is 140 cm³/mol. The maximum absolute atomic E-state index is 13.7. The number of rotatable bonds is 4. The van der Waals surface area contributed by atoms with Crippen molar-refractivity contribution in [1.29, 1.82) is 0 Å². The molecule has 1 saturated heterocycles. The van der Waals surface area contributed by atoms with Crippen LogP contribution in [0.1, 0.15) is 28.5 Å². The van der Waals surface area contributed by atoms with Crippen LogP contribution >= 0.6 is 11.3 Å². The van der Waals surface area contributed by atoms with Gasteiger partial charge in [0.2, 0.25) is 0 Å². The third-order valence-electron chi connectivity index (χ3n) is 6.45. The third-order valence-corrected chi connectivity index (χ3v) is 9.09. The van der Waals surface area contributed by atoms with Crippen molar-refractivity contribution < 1.29 is 13.2 Å².